The van der Waals surface area contributed by atoms with Crippen molar-refractivity contribution in [1.82, 2.24) is 10.2 Å². The van der Waals surface area contributed by atoms with E-state index in [0.717, 1.165) is 28.7 Å². The molecule has 5 heteroatoms. The summed E-state index contributed by atoms with van der Waals surface area (Å²) in [7, 11) is 0. The fraction of sp³-hybridized carbons (Fsp3) is 0.462. The first-order valence-corrected chi connectivity index (χ1v) is 11.1. The molecule has 0 aromatic heterocycles. The maximum Gasteiger partial charge on any atom is 0.261 e. The first-order chi connectivity index (χ1) is 14.7. The number of carbonyl (C=O) groups excluding carboxylic acids is 2. The third-order valence-electron chi connectivity index (χ3n) is 5.50. The van der Waals surface area contributed by atoms with Gasteiger partial charge in [0, 0.05) is 12.6 Å². The molecule has 2 aromatic carbocycles. The predicted octanol–water partition coefficient (Wildman–Crippen LogP) is 4.71. The van der Waals surface area contributed by atoms with Gasteiger partial charge in [0.25, 0.3) is 5.91 Å². The largest absolute Gasteiger partial charge is 0.483 e. The van der Waals surface area contributed by atoms with Crippen molar-refractivity contribution < 1.29 is 14.3 Å². The van der Waals surface area contributed by atoms with Crippen molar-refractivity contribution in [3.8, 4) is 5.75 Å². The molecule has 0 saturated carbocycles. The average molecular weight is 425 g/mol. The summed E-state index contributed by atoms with van der Waals surface area (Å²) < 4.78 is 5.85. The summed E-state index contributed by atoms with van der Waals surface area (Å²) in [4.78, 5) is 27.9. The van der Waals surface area contributed by atoms with Crippen LogP contribution in [0.25, 0.3) is 0 Å². The van der Waals surface area contributed by atoms with Gasteiger partial charge in [-0.3, -0.25) is 9.59 Å². The Balaban J connectivity index is 2.23. The monoisotopic (exact) mass is 424 g/mol. The zero-order chi connectivity index (χ0) is 23.0. The van der Waals surface area contributed by atoms with Gasteiger partial charge in [-0.05, 0) is 57.7 Å². The molecule has 0 aliphatic heterocycles. The van der Waals surface area contributed by atoms with Crippen molar-refractivity contribution in [3.05, 3.63) is 64.7 Å². The third kappa shape index (κ3) is 7.12. The van der Waals surface area contributed by atoms with Crippen molar-refractivity contribution >= 4 is 11.8 Å². The number of hydrogen-bond donors (Lipinski definition) is 1. The number of carbonyl (C=O) groups is 2. The number of amides is 2. The molecule has 2 rings (SSSR count). The molecular formula is C26H36N2O3. The van der Waals surface area contributed by atoms with Crippen LogP contribution < -0.4 is 10.1 Å². The smallest absolute Gasteiger partial charge is 0.261 e. The van der Waals surface area contributed by atoms with Gasteiger partial charge in [0.15, 0.2) is 6.61 Å². The second-order valence-electron chi connectivity index (χ2n) is 8.31. The van der Waals surface area contributed by atoms with Gasteiger partial charge in [0.1, 0.15) is 11.8 Å². The molecule has 2 aromatic rings. The van der Waals surface area contributed by atoms with E-state index in [1.54, 1.807) is 4.90 Å². The Labute approximate surface area is 186 Å². The highest BCUT2D eigenvalue weighted by molar-refractivity contribution is 5.88. The lowest BCUT2D eigenvalue weighted by Gasteiger charge is -2.31. The Morgan fingerprint density at radius 3 is 2.32 bits per heavy atom. The lowest BCUT2D eigenvalue weighted by molar-refractivity contribution is -0.143. The number of nitrogens with one attached hydrogen (secondary N) is 1. The van der Waals surface area contributed by atoms with Gasteiger partial charge in [-0.15, -0.1) is 0 Å². The van der Waals surface area contributed by atoms with Gasteiger partial charge in [-0.1, -0.05) is 61.4 Å². The minimum absolute atomic E-state index is 0.0592. The molecule has 0 radical (unpaired) electrons. The Hall–Kier alpha value is -2.82. The lowest BCUT2D eigenvalue weighted by Crippen LogP contribution is -2.51. The zero-order valence-corrected chi connectivity index (χ0v) is 19.7. The Morgan fingerprint density at radius 1 is 1.00 bits per heavy atom. The van der Waals surface area contributed by atoms with Crippen LogP contribution in [0.15, 0.2) is 42.5 Å². The SMILES string of the molecule is CC[C@H](C(=O)N[C@@H](C)CC)N(Cc1cccc(C)c1)C(=O)COc1ccc(C)cc1C. The van der Waals surface area contributed by atoms with E-state index in [9.17, 15) is 9.59 Å². The van der Waals surface area contributed by atoms with Crippen LogP contribution in [0, 0.1) is 20.8 Å². The van der Waals surface area contributed by atoms with Gasteiger partial charge >= 0.3 is 0 Å². The van der Waals surface area contributed by atoms with E-state index >= 15 is 0 Å². The Kier molecular flexibility index (Phi) is 9.10. The first kappa shape index (κ1) is 24.4. The van der Waals surface area contributed by atoms with E-state index < -0.39 is 6.04 Å². The number of hydrogen-bond acceptors (Lipinski definition) is 3. The lowest BCUT2D eigenvalue weighted by atomic mass is 10.1. The van der Waals surface area contributed by atoms with Crippen LogP contribution in [-0.2, 0) is 16.1 Å². The van der Waals surface area contributed by atoms with Gasteiger partial charge in [-0.2, -0.15) is 0 Å². The van der Waals surface area contributed by atoms with Crippen molar-refractivity contribution in [2.45, 2.75) is 73.0 Å². The molecule has 2 amide bonds. The molecule has 31 heavy (non-hydrogen) atoms. The summed E-state index contributed by atoms with van der Waals surface area (Å²) in [6.45, 7) is 12.2. The fourth-order valence-electron chi connectivity index (χ4n) is 3.55. The number of rotatable bonds is 10. The number of nitrogens with zero attached hydrogens (tertiary/aromatic N) is 1. The quantitative estimate of drug-likeness (QED) is 0.601. The van der Waals surface area contributed by atoms with E-state index in [4.69, 9.17) is 4.74 Å². The van der Waals surface area contributed by atoms with E-state index in [1.807, 2.05) is 84.0 Å². The minimum Gasteiger partial charge on any atom is -0.483 e. The third-order valence-corrected chi connectivity index (χ3v) is 5.50. The van der Waals surface area contributed by atoms with E-state index in [2.05, 4.69) is 5.32 Å². The summed E-state index contributed by atoms with van der Waals surface area (Å²) in [5.74, 6) is 0.364. The second kappa shape index (κ2) is 11.5. The van der Waals surface area contributed by atoms with Crippen molar-refractivity contribution in [1.29, 1.82) is 0 Å². The zero-order valence-electron chi connectivity index (χ0n) is 19.7. The maximum absolute atomic E-state index is 13.3. The highest BCUT2D eigenvalue weighted by atomic mass is 16.5. The Morgan fingerprint density at radius 2 is 1.71 bits per heavy atom. The Bertz CT molecular complexity index is 894. The van der Waals surface area contributed by atoms with E-state index in [1.165, 1.54) is 0 Å². The molecule has 1 N–H and O–H groups in total. The number of ether oxygens (including phenoxy) is 1. The molecule has 5 nitrogen and oxygen atoms in total. The van der Waals surface area contributed by atoms with Crippen LogP contribution in [0.3, 0.4) is 0 Å². The average Bonchev–Trinajstić information content (AvgIpc) is 2.72. The standard InChI is InChI=1S/C26H36N2O3/c1-7-21(6)27-26(30)23(8-2)28(16-22-11-9-10-18(3)15-22)25(29)17-31-24-13-12-19(4)14-20(24)5/h9-15,21,23H,7-8,16-17H2,1-6H3,(H,27,30)/t21-,23+/m0/s1. The summed E-state index contributed by atoms with van der Waals surface area (Å²) in [6, 6.07) is 13.4. The van der Waals surface area contributed by atoms with Crippen LogP contribution in [0.5, 0.6) is 5.75 Å². The van der Waals surface area contributed by atoms with Gasteiger partial charge in [0.05, 0.1) is 0 Å². The molecule has 168 valence electrons. The molecule has 0 saturated heterocycles. The molecular weight excluding hydrogens is 388 g/mol. The predicted molar refractivity (Wildman–Crippen MR) is 125 cm³/mol. The number of aryl methyl sites for hydroxylation is 3. The van der Waals surface area contributed by atoms with Crippen LogP contribution in [0.4, 0.5) is 0 Å². The maximum atomic E-state index is 13.3. The van der Waals surface area contributed by atoms with E-state index in [-0.39, 0.29) is 24.5 Å². The first-order valence-electron chi connectivity index (χ1n) is 11.1. The molecule has 0 spiro atoms. The summed E-state index contributed by atoms with van der Waals surface area (Å²) >= 11 is 0. The summed E-state index contributed by atoms with van der Waals surface area (Å²) in [6.07, 6.45) is 1.37. The van der Waals surface area contributed by atoms with Crippen molar-refractivity contribution in [2.75, 3.05) is 6.61 Å². The van der Waals surface area contributed by atoms with Crippen molar-refractivity contribution in [2.24, 2.45) is 0 Å². The normalized spacial score (nSPS) is 12.7. The molecule has 0 unspecified atom stereocenters. The molecule has 0 heterocycles. The second-order valence-corrected chi connectivity index (χ2v) is 8.31. The molecule has 0 bridgehead atoms. The molecule has 0 fully saturated rings. The van der Waals surface area contributed by atoms with Crippen LogP contribution >= 0.6 is 0 Å². The highest BCUT2D eigenvalue weighted by Crippen LogP contribution is 2.20. The highest BCUT2D eigenvalue weighted by Gasteiger charge is 2.29. The van der Waals surface area contributed by atoms with E-state index in [0.29, 0.717) is 18.7 Å². The fourth-order valence-corrected chi connectivity index (χ4v) is 3.55. The molecule has 0 aliphatic carbocycles. The van der Waals surface area contributed by atoms with Crippen LogP contribution in [-0.4, -0.2) is 35.4 Å². The molecule has 2 atom stereocenters. The summed E-state index contributed by atoms with van der Waals surface area (Å²) in [5.41, 5.74) is 4.24. The van der Waals surface area contributed by atoms with Gasteiger partial charge in [0.2, 0.25) is 5.91 Å². The topological polar surface area (TPSA) is 58.6 Å². The minimum atomic E-state index is -0.551. The van der Waals surface area contributed by atoms with Crippen LogP contribution in [0.2, 0.25) is 0 Å². The number of benzene rings is 2. The van der Waals surface area contributed by atoms with Gasteiger partial charge < -0.3 is 15.0 Å². The van der Waals surface area contributed by atoms with Crippen molar-refractivity contribution in [3.63, 3.8) is 0 Å². The molecule has 0 aliphatic rings. The summed E-state index contributed by atoms with van der Waals surface area (Å²) in [5, 5.41) is 3.03. The van der Waals surface area contributed by atoms with Crippen LogP contribution in [0.1, 0.15) is 55.9 Å². The van der Waals surface area contributed by atoms with Gasteiger partial charge in [-0.25, -0.2) is 0 Å².